The number of aromatic nitrogens is 1. The Hall–Kier alpha value is -2.09. The van der Waals surface area contributed by atoms with Gasteiger partial charge in [0.05, 0.1) is 5.75 Å². The van der Waals surface area contributed by atoms with Crippen LogP contribution >= 0.6 is 0 Å². The summed E-state index contributed by atoms with van der Waals surface area (Å²) in [5.74, 6) is -0.301. The molecule has 21 heavy (non-hydrogen) atoms. The van der Waals surface area contributed by atoms with E-state index in [0.717, 1.165) is 0 Å². The van der Waals surface area contributed by atoms with Crippen LogP contribution < -0.4 is 5.73 Å². The third-order valence-corrected chi connectivity index (χ3v) is 4.49. The molecule has 2 N–H and O–H groups in total. The molecular formula is C13H17N3O4S. The second-order valence-electron chi connectivity index (χ2n) is 4.92. The number of nitrogens with zero attached hydrogens (tertiary/aromatic N) is 2. The Morgan fingerprint density at radius 3 is 2.76 bits per heavy atom. The number of anilines is 1. The zero-order chi connectivity index (χ0) is 15.6. The van der Waals surface area contributed by atoms with Crippen molar-refractivity contribution in [2.75, 3.05) is 25.6 Å². The molecule has 0 saturated carbocycles. The number of benzene rings is 1. The molecule has 0 fully saturated rings. The first kappa shape index (κ1) is 15.3. The fourth-order valence-electron chi connectivity index (χ4n) is 1.78. The molecule has 0 saturated heterocycles. The topological polar surface area (TPSA) is 106 Å². The van der Waals surface area contributed by atoms with Crippen LogP contribution in [-0.4, -0.2) is 44.1 Å². The van der Waals surface area contributed by atoms with Crippen molar-refractivity contribution in [3.8, 4) is 0 Å². The predicted octanol–water partition coefficient (Wildman–Crippen LogP) is 1.05. The summed E-state index contributed by atoms with van der Waals surface area (Å²) in [5, 5.41) is -0.333. The van der Waals surface area contributed by atoms with Gasteiger partial charge in [0, 0.05) is 32.3 Å². The summed E-state index contributed by atoms with van der Waals surface area (Å²) in [4.78, 5) is 16.8. The predicted molar refractivity (Wildman–Crippen MR) is 78.4 cm³/mol. The highest BCUT2D eigenvalue weighted by Crippen LogP contribution is 2.22. The van der Waals surface area contributed by atoms with Crippen molar-refractivity contribution in [2.24, 2.45) is 0 Å². The molecule has 0 atom stereocenters. The molecular weight excluding hydrogens is 294 g/mol. The van der Waals surface area contributed by atoms with Crippen molar-refractivity contribution in [3.63, 3.8) is 0 Å². The molecule has 0 aliphatic rings. The van der Waals surface area contributed by atoms with Gasteiger partial charge in [0.15, 0.2) is 5.58 Å². The standard InChI is InChI=1S/C13H17N3O4S/c1-16(2)12(17)4-3-7-21(18,19)13-15-10-6-5-9(14)8-11(10)20-13/h5-6,8H,3-4,7,14H2,1-2H3. The summed E-state index contributed by atoms with van der Waals surface area (Å²) in [6.07, 6.45) is 0.389. The zero-order valence-corrected chi connectivity index (χ0v) is 12.7. The van der Waals surface area contributed by atoms with Crippen molar-refractivity contribution < 1.29 is 17.6 Å². The van der Waals surface area contributed by atoms with E-state index in [4.69, 9.17) is 10.2 Å². The van der Waals surface area contributed by atoms with Gasteiger partial charge in [-0.25, -0.2) is 8.42 Å². The average Bonchev–Trinajstić information content (AvgIpc) is 2.82. The summed E-state index contributed by atoms with van der Waals surface area (Å²) < 4.78 is 29.5. The summed E-state index contributed by atoms with van der Waals surface area (Å²) in [5.41, 5.74) is 6.84. The van der Waals surface area contributed by atoms with Crippen LogP contribution in [0, 0.1) is 0 Å². The normalized spacial score (nSPS) is 11.7. The van der Waals surface area contributed by atoms with Crippen LogP contribution in [0.1, 0.15) is 12.8 Å². The maximum Gasteiger partial charge on any atom is 0.316 e. The Labute approximate surface area is 122 Å². The number of hydrogen-bond donors (Lipinski definition) is 1. The molecule has 2 rings (SSSR count). The third-order valence-electron chi connectivity index (χ3n) is 2.96. The van der Waals surface area contributed by atoms with E-state index in [1.165, 1.54) is 11.0 Å². The van der Waals surface area contributed by atoms with Crippen molar-refractivity contribution in [1.82, 2.24) is 9.88 Å². The molecule has 0 unspecified atom stereocenters. The number of nitrogen functional groups attached to an aromatic ring is 1. The molecule has 1 amide bonds. The highest BCUT2D eigenvalue weighted by Gasteiger charge is 2.22. The number of fused-ring (bicyclic) bond motifs is 1. The molecule has 7 nitrogen and oxygen atoms in total. The highest BCUT2D eigenvalue weighted by molar-refractivity contribution is 7.91. The molecule has 0 radical (unpaired) electrons. The molecule has 2 aromatic rings. The van der Waals surface area contributed by atoms with Gasteiger partial charge in [0.25, 0.3) is 0 Å². The molecule has 8 heteroatoms. The van der Waals surface area contributed by atoms with Crippen molar-refractivity contribution in [2.45, 2.75) is 18.1 Å². The fraction of sp³-hybridized carbons (Fsp3) is 0.385. The van der Waals surface area contributed by atoms with E-state index in [2.05, 4.69) is 4.98 Å². The Balaban J connectivity index is 2.12. The summed E-state index contributed by atoms with van der Waals surface area (Å²) >= 11 is 0. The molecule has 0 aliphatic heterocycles. The highest BCUT2D eigenvalue weighted by atomic mass is 32.2. The second-order valence-corrected chi connectivity index (χ2v) is 6.90. The molecule has 0 aliphatic carbocycles. The van der Waals surface area contributed by atoms with E-state index in [-0.39, 0.29) is 29.7 Å². The molecule has 114 valence electrons. The van der Waals surface area contributed by atoms with Gasteiger partial charge in [-0.05, 0) is 18.6 Å². The third kappa shape index (κ3) is 3.52. The minimum Gasteiger partial charge on any atom is -0.428 e. The number of rotatable bonds is 5. The van der Waals surface area contributed by atoms with Gasteiger partial charge in [0.2, 0.25) is 15.7 Å². The zero-order valence-electron chi connectivity index (χ0n) is 11.9. The van der Waals surface area contributed by atoms with Crippen LogP contribution in [0.25, 0.3) is 11.1 Å². The van der Waals surface area contributed by atoms with Crippen LogP contribution in [0.2, 0.25) is 0 Å². The average molecular weight is 311 g/mol. The summed E-state index contributed by atoms with van der Waals surface area (Å²) in [7, 11) is -0.392. The number of nitrogens with two attached hydrogens (primary N) is 1. The van der Waals surface area contributed by atoms with Crippen LogP contribution in [-0.2, 0) is 14.6 Å². The number of amides is 1. The van der Waals surface area contributed by atoms with E-state index in [0.29, 0.717) is 16.8 Å². The van der Waals surface area contributed by atoms with Crippen molar-refractivity contribution in [1.29, 1.82) is 0 Å². The van der Waals surface area contributed by atoms with E-state index in [1.807, 2.05) is 0 Å². The van der Waals surface area contributed by atoms with E-state index < -0.39 is 9.84 Å². The van der Waals surface area contributed by atoms with Crippen LogP contribution in [0.15, 0.2) is 27.8 Å². The molecule has 1 heterocycles. The number of carbonyl (C=O) groups excluding carboxylic acids is 1. The monoisotopic (exact) mass is 311 g/mol. The quantitative estimate of drug-likeness (QED) is 0.827. The van der Waals surface area contributed by atoms with Gasteiger partial charge in [-0.3, -0.25) is 4.79 Å². The Bertz CT molecular complexity index is 765. The van der Waals surface area contributed by atoms with Gasteiger partial charge in [0.1, 0.15) is 5.52 Å². The molecule has 0 bridgehead atoms. The van der Waals surface area contributed by atoms with E-state index in [1.54, 1.807) is 26.2 Å². The summed E-state index contributed by atoms with van der Waals surface area (Å²) in [6.45, 7) is 0. The Kier molecular flexibility index (Phi) is 4.17. The number of carbonyl (C=O) groups is 1. The first-order valence-corrected chi connectivity index (χ1v) is 8.04. The van der Waals surface area contributed by atoms with Gasteiger partial charge in [-0.1, -0.05) is 0 Å². The largest absolute Gasteiger partial charge is 0.428 e. The van der Waals surface area contributed by atoms with Crippen molar-refractivity contribution >= 4 is 32.5 Å². The minimum atomic E-state index is -3.65. The lowest BCUT2D eigenvalue weighted by molar-refractivity contribution is -0.128. The minimum absolute atomic E-state index is 0.115. The maximum atomic E-state index is 12.1. The molecule has 0 spiro atoms. The first-order valence-electron chi connectivity index (χ1n) is 6.38. The molecule has 1 aromatic carbocycles. The fourth-order valence-corrected chi connectivity index (χ4v) is 2.93. The first-order chi connectivity index (χ1) is 9.79. The second kappa shape index (κ2) is 5.72. The van der Waals surface area contributed by atoms with Crippen LogP contribution in [0.3, 0.4) is 0 Å². The van der Waals surface area contributed by atoms with Gasteiger partial charge < -0.3 is 15.1 Å². The lowest BCUT2D eigenvalue weighted by Gasteiger charge is -2.09. The number of sulfone groups is 1. The number of oxazole rings is 1. The number of hydrogen-bond acceptors (Lipinski definition) is 6. The Morgan fingerprint density at radius 2 is 2.10 bits per heavy atom. The van der Waals surface area contributed by atoms with Crippen molar-refractivity contribution in [3.05, 3.63) is 18.2 Å². The lowest BCUT2D eigenvalue weighted by Crippen LogP contribution is -2.22. The lowest BCUT2D eigenvalue weighted by atomic mass is 10.3. The smallest absolute Gasteiger partial charge is 0.316 e. The van der Waals surface area contributed by atoms with E-state index in [9.17, 15) is 13.2 Å². The van der Waals surface area contributed by atoms with E-state index >= 15 is 0 Å². The van der Waals surface area contributed by atoms with Gasteiger partial charge in [-0.15, -0.1) is 0 Å². The van der Waals surface area contributed by atoms with Crippen LogP contribution in [0.5, 0.6) is 0 Å². The van der Waals surface area contributed by atoms with Gasteiger partial charge >= 0.3 is 5.22 Å². The SMILES string of the molecule is CN(C)C(=O)CCCS(=O)(=O)c1nc2ccc(N)cc2o1. The summed E-state index contributed by atoms with van der Waals surface area (Å²) in [6, 6.07) is 4.75. The van der Waals surface area contributed by atoms with Crippen LogP contribution in [0.4, 0.5) is 5.69 Å². The van der Waals surface area contributed by atoms with Gasteiger partial charge in [-0.2, -0.15) is 4.98 Å². The maximum absolute atomic E-state index is 12.1. The molecule has 1 aromatic heterocycles. The Morgan fingerprint density at radius 1 is 1.38 bits per heavy atom.